The number of carbonyl (C=O) groups excluding carboxylic acids is 1. The molecule has 3 N–H and O–H groups in total. The Morgan fingerprint density at radius 3 is 2.36 bits per heavy atom. The predicted octanol–water partition coefficient (Wildman–Crippen LogP) is 1.48. The maximum Gasteiger partial charge on any atom is 0.230 e. The Balaban J connectivity index is 1.37. The highest BCUT2D eigenvalue weighted by Gasteiger charge is 2.51. The summed E-state index contributed by atoms with van der Waals surface area (Å²) < 4.78 is 1.43. The van der Waals surface area contributed by atoms with Crippen molar-refractivity contribution in [1.82, 2.24) is 20.2 Å². The lowest BCUT2D eigenvalue weighted by atomic mass is 9.53. The van der Waals surface area contributed by atoms with Gasteiger partial charge in [-0.3, -0.25) is 4.79 Å². The molecule has 1 heterocycles. The Morgan fingerprint density at radius 1 is 1.27 bits per heavy atom. The van der Waals surface area contributed by atoms with Crippen LogP contribution in [0.5, 0.6) is 0 Å². The minimum atomic E-state index is 0.0820. The summed E-state index contributed by atoms with van der Waals surface area (Å²) >= 11 is 1.36. The van der Waals surface area contributed by atoms with Gasteiger partial charge >= 0.3 is 0 Å². The number of nitrogens with two attached hydrogens (primary N) is 1. The first-order valence-electron chi connectivity index (χ1n) is 8.14. The van der Waals surface area contributed by atoms with Gasteiger partial charge in [-0.05, 0) is 63.2 Å². The number of aryl methyl sites for hydroxylation is 1. The average Bonchev–Trinajstić information content (AvgIpc) is 2.74. The van der Waals surface area contributed by atoms with Gasteiger partial charge in [0.15, 0.2) is 0 Å². The van der Waals surface area contributed by atoms with Gasteiger partial charge in [0.2, 0.25) is 11.1 Å². The Hall–Kier alpha value is -1.24. The van der Waals surface area contributed by atoms with Crippen molar-refractivity contribution in [2.24, 2.45) is 17.8 Å². The summed E-state index contributed by atoms with van der Waals surface area (Å²) in [6.45, 7) is 1.80. The molecule has 0 spiro atoms. The van der Waals surface area contributed by atoms with Crippen molar-refractivity contribution >= 4 is 17.7 Å². The molecule has 4 bridgehead atoms. The Labute approximate surface area is 134 Å². The zero-order valence-electron chi connectivity index (χ0n) is 12.9. The number of thioether (sulfide) groups is 1. The van der Waals surface area contributed by atoms with Gasteiger partial charge in [-0.25, -0.2) is 4.68 Å². The van der Waals surface area contributed by atoms with Crippen molar-refractivity contribution in [3.8, 4) is 0 Å². The SMILES string of the molecule is Cc1nnc(SCC(=O)NC23CC4CC(CC(C4)C2)C3)n1N. The number of rotatable bonds is 4. The maximum atomic E-state index is 12.4. The third-order valence-electron chi connectivity index (χ3n) is 5.61. The van der Waals surface area contributed by atoms with Gasteiger partial charge in [-0.15, -0.1) is 10.2 Å². The number of nitrogen functional groups attached to an aromatic ring is 1. The minimum absolute atomic E-state index is 0.0820. The Morgan fingerprint density at radius 2 is 1.86 bits per heavy atom. The molecule has 4 saturated carbocycles. The van der Waals surface area contributed by atoms with Crippen LogP contribution in [0.4, 0.5) is 0 Å². The molecule has 0 radical (unpaired) electrons. The fraction of sp³-hybridized carbons (Fsp3) is 0.800. The van der Waals surface area contributed by atoms with E-state index in [1.165, 1.54) is 55.0 Å². The molecule has 120 valence electrons. The molecular weight excluding hydrogens is 298 g/mol. The highest BCUT2D eigenvalue weighted by molar-refractivity contribution is 7.99. The van der Waals surface area contributed by atoms with Gasteiger partial charge in [0, 0.05) is 5.54 Å². The van der Waals surface area contributed by atoms with Gasteiger partial charge in [-0.2, -0.15) is 0 Å². The summed E-state index contributed by atoms with van der Waals surface area (Å²) in [6, 6.07) is 0. The van der Waals surface area contributed by atoms with Crippen molar-refractivity contribution in [1.29, 1.82) is 0 Å². The van der Waals surface area contributed by atoms with Crippen molar-refractivity contribution in [3.63, 3.8) is 0 Å². The lowest BCUT2D eigenvalue weighted by Gasteiger charge is -2.56. The van der Waals surface area contributed by atoms with E-state index >= 15 is 0 Å². The smallest absolute Gasteiger partial charge is 0.230 e. The molecule has 0 unspecified atom stereocenters. The largest absolute Gasteiger partial charge is 0.350 e. The van der Waals surface area contributed by atoms with Crippen LogP contribution in [0, 0.1) is 24.7 Å². The second-order valence-corrected chi connectivity index (χ2v) is 8.38. The van der Waals surface area contributed by atoms with Crippen LogP contribution in [-0.4, -0.2) is 32.1 Å². The summed E-state index contributed by atoms with van der Waals surface area (Å²) in [5.74, 6) is 9.46. The molecule has 0 atom stereocenters. The number of carbonyl (C=O) groups is 1. The number of aromatic nitrogens is 3. The molecule has 0 aromatic carbocycles. The number of hydrogen-bond acceptors (Lipinski definition) is 5. The van der Waals surface area contributed by atoms with Crippen LogP contribution in [0.2, 0.25) is 0 Å². The lowest BCUT2D eigenvalue weighted by molar-refractivity contribution is -0.124. The van der Waals surface area contributed by atoms with Crippen LogP contribution in [-0.2, 0) is 4.79 Å². The Bertz CT molecular complexity index is 563. The molecule has 4 fully saturated rings. The highest BCUT2D eigenvalue weighted by Crippen LogP contribution is 2.55. The Kier molecular flexibility index (Phi) is 3.36. The van der Waals surface area contributed by atoms with Crippen LogP contribution in [0.25, 0.3) is 0 Å². The summed E-state index contributed by atoms with van der Waals surface area (Å²) in [5.41, 5.74) is 0.0820. The van der Waals surface area contributed by atoms with Crippen molar-refractivity contribution in [2.45, 2.75) is 56.1 Å². The molecule has 0 aliphatic heterocycles. The summed E-state index contributed by atoms with van der Waals surface area (Å²) in [5, 5.41) is 11.9. The minimum Gasteiger partial charge on any atom is -0.350 e. The zero-order chi connectivity index (χ0) is 15.3. The van der Waals surface area contributed by atoms with Gasteiger partial charge in [-0.1, -0.05) is 11.8 Å². The molecule has 7 heteroatoms. The van der Waals surface area contributed by atoms with Crippen LogP contribution < -0.4 is 11.2 Å². The number of hydrogen-bond donors (Lipinski definition) is 2. The average molecular weight is 321 g/mol. The fourth-order valence-corrected chi connectivity index (χ4v) is 5.88. The topological polar surface area (TPSA) is 85.8 Å². The molecule has 0 saturated heterocycles. The summed E-state index contributed by atoms with van der Waals surface area (Å²) in [4.78, 5) is 12.4. The maximum absolute atomic E-state index is 12.4. The number of nitrogens with one attached hydrogen (secondary N) is 1. The summed E-state index contributed by atoms with van der Waals surface area (Å²) in [7, 11) is 0. The predicted molar refractivity (Wildman–Crippen MR) is 84.7 cm³/mol. The second-order valence-electron chi connectivity index (χ2n) is 7.43. The highest BCUT2D eigenvalue weighted by atomic mass is 32.2. The van der Waals surface area contributed by atoms with E-state index in [1.807, 2.05) is 0 Å². The van der Waals surface area contributed by atoms with Crippen molar-refractivity contribution in [2.75, 3.05) is 11.6 Å². The van der Waals surface area contributed by atoms with E-state index in [0.717, 1.165) is 17.8 Å². The molecule has 1 aromatic rings. The van der Waals surface area contributed by atoms with Crippen LogP contribution >= 0.6 is 11.8 Å². The first-order valence-corrected chi connectivity index (χ1v) is 9.12. The van der Waals surface area contributed by atoms with Crippen LogP contribution in [0.1, 0.15) is 44.3 Å². The van der Waals surface area contributed by atoms with E-state index in [4.69, 9.17) is 5.84 Å². The normalized spacial score (nSPS) is 35.8. The van der Waals surface area contributed by atoms with E-state index in [1.54, 1.807) is 6.92 Å². The molecule has 5 rings (SSSR count). The van der Waals surface area contributed by atoms with E-state index in [2.05, 4.69) is 15.5 Å². The van der Waals surface area contributed by atoms with Crippen molar-refractivity contribution in [3.05, 3.63) is 5.82 Å². The lowest BCUT2D eigenvalue weighted by Crippen LogP contribution is -2.60. The molecule has 6 nitrogen and oxygen atoms in total. The molecule has 4 aliphatic rings. The molecular formula is C15H23N5OS. The molecule has 1 amide bonds. The summed E-state index contributed by atoms with van der Waals surface area (Å²) in [6.07, 6.45) is 7.71. The van der Waals surface area contributed by atoms with Crippen LogP contribution in [0.3, 0.4) is 0 Å². The zero-order valence-corrected chi connectivity index (χ0v) is 13.7. The third-order valence-corrected chi connectivity index (χ3v) is 6.55. The van der Waals surface area contributed by atoms with Gasteiger partial charge in [0.05, 0.1) is 5.75 Å². The fourth-order valence-electron chi connectivity index (χ4n) is 5.17. The number of nitrogens with zero attached hydrogens (tertiary/aromatic N) is 3. The molecule has 4 aliphatic carbocycles. The van der Waals surface area contributed by atoms with E-state index in [9.17, 15) is 4.79 Å². The van der Waals surface area contributed by atoms with Gasteiger partial charge < -0.3 is 11.2 Å². The molecule has 1 aromatic heterocycles. The van der Waals surface area contributed by atoms with E-state index < -0.39 is 0 Å². The van der Waals surface area contributed by atoms with E-state index in [0.29, 0.717) is 16.7 Å². The van der Waals surface area contributed by atoms with Crippen molar-refractivity contribution < 1.29 is 4.79 Å². The first kappa shape index (κ1) is 14.4. The molecule has 22 heavy (non-hydrogen) atoms. The monoisotopic (exact) mass is 321 g/mol. The van der Waals surface area contributed by atoms with Gasteiger partial charge in [0.1, 0.15) is 5.82 Å². The first-order chi connectivity index (χ1) is 10.5. The van der Waals surface area contributed by atoms with Crippen LogP contribution in [0.15, 0.2) is 5.16 Å². The third kappa shape index (κ3) is 2.49. The van der Waals surface area contributed by atoms with E-state index in [-0.39, 0.29) is 11.4 Å². The standard InChI is InChI=1S/C15H23N5OS/c1-9-18-19-14(20(9)16)22-8-13(21)17-15-5-10-2-11(6-15)4-12(3-10)7-15/h10-12H,2-8,16H2,1H3,(H,17,21). The second kappa shape index (κ2) is 5.15. The number of amides is 1. The van der Waals surface area contributed by atoms with Gasteiger partial charge in [0.25, 0.3) is 0 Å². The quantitative estimate of drug-likeness (QED) is 0.648.